The molecule has 1 saturated carbocycles. The molecule has 23 heavy (non-hydrogen) atoms. The second-order valence-corrected chi connectivity index (χ2v) is 8.54. The molecule has 126 valence electrons. The Morgan fingerprint density at radius 3 is 2.91 bits per heavy atom. The highest BCUT2D eigenvalue weighted by Crippen LogP contribution is 2.44. The summed E-state index contributed by atoms with van der Waals surface area (Å²) < 4.78 is 0. The van der Waals surface area contributed by atoms with E-state index in [1.165, 1.54) is 12.8 Å². The third-order valence-corrected chi connectivity index (χ3v) is 6.59. The fourth-order valence-corrected chi connectivity index (χ4v) is 5.09. The first-order valence-corrected chi connectivity index (χ1v) is 9.60. The zero-order chi connectivity index (χ0) is 15.9. The number of carbonyl (C=O) groups is 1. The Labute approximate surface area is 141 Å². The predicted molar refractivity (Wildman–Crippen MR) is 89.3 cm³/mol. The number of carboxylic acid groups (broad SMARTS) is 1. The largest absolute Gasteiger partial charge is 0.481 e. The minimum atomic E-state index is -0.572. The van der Waals surface area contributed by atoms with E-state index in [2.05, 4.69) is 14.8 Å². The van der Waals surface area contributed by atoms with Crippen LogP contribution in [0.15, 0.2) is 11.6 Å². The van der Waals surface area contributed by atoms with Crippen molar-refractivity contribution in [2.24, 2.45) is 17.3 Å². The van der Waals surface area contributed by atoms with Crippen molar-refractivity contribution in [1.82, 2.24) is 14.8 Å². The summed E-state index contributed by atoms with van der Waals surface area (Å²) in [6.07, 6.45) is 6.31. The molecule has 1 aromatic rings. The van der Waals surface area contributed by atoms with Gasteiger partial charge in [-0.25, -0.2) is 4.98 Å². The van der Waals surface area contributed by atoms with E-state index >= 15 is 0 Å². The Hall–Kier alpha value is -0.980. The highest BCUT2D eigenvalue weighted by molar-refractivity contribution is 7.09. The van der Waals surface area contributed by atoms with Crippen LogP contribution in [0.25, 0.3) is 0 Å². The van der Waals surface area contributed by atoms with Crippen molar-refractivity contribution in [2.75, 3.05) is 32.7 Å². The average molecular weight is 335 g/mol. The van der Waals surface area contributed by atoms with Gasteiger partial charge in [0.1, 0.15) is 5.01 Å². The Balaban J connectivity index is 1.49. The lowest BCUT2D eigenvalue weighted by atomic mass is 9.75. The van der Waals surface area contributed by atoms with E-state index in [1.807, 2.05) is 11.6 Å². The minimum absolute atomic E-state index is 0.251. The number of aliphatic carboxylic acids is 1. The molecule has 0 bridgehead atoms. The number of rotatable bonds is 5. The van der Waals surface area contributed by atoms with Gasteiger partial charge in [0, 0.05) is 43.7 Å². The first-order chi connectivity index (χ1) is 11.2. The molecule has 0 aromatic carbocycles. The van der Waals surface area contributed by atoms with Gasteiger partial charge >= 0.3 is 5.97 Å². The Bertz CT molecular complexity index is 560. The third kappa shape index (κ3) is 3.16. The van der Waals surface area contributed by atoms with E-state index in [9.17, 15) is 9.90 Å². The number of carboxylic acids is 1. The number of hydrogen-bond acceptors (Lipinski definition) is 5. The Morgan fingerprint density at radius 2 is 2.22 bits per heavy atom. The second-order valence-electron chi connectivity index (χ2n) is 7.56. The first kappa shape index (κ1) is 15.5. The van der Waals surface area contributed by atoms with Crippen molar-refractivity contribution in [1.29, 1.82) is 0 Å². The molecule has 1 aromatic heterocycles. The quantitative estimate of drug-likeness (QED) is 0.893. The van der Waals surface area contributed by atoms with Crippen molar-refractivity contribution in [3.8, 4) is 0 Å². The van der Waals surface area contributed by atoms with Gasteiger partial charge in [0.2, 0.25) is 0 Å². The average Bonchev–Trinajstić information content (AvgIpc) is 3.09. The van der Waals surface area contributed by atoms with Gasteiger partial charge in [0.05, 0.1) is 12.0 Å². The van der Waals surface area contributed by atoms with Crippen LogP contribution in [0.5, 0.6) is 0 Å². The molecular weight excluding hydrogens is 310 g/mol. The number of nitrogens with zero attached hydrogens (tertiary/aromatic N) is 3. The van der Waals surface area contributed by atoms with Gasteiger partial charge in [-0.3, -0.25) is 9.69 Å². The maximum absolute atomic E-state index is 12.1. The molecule has 0 amide bonds. The van der Waals surface area contributed by atoms with Crippen molar-refractivity contribution in [2.45, 2.75) is 32.2 Å². The molecule has 0 radical (unpaired) electrons. The Morgan fingerprint density at radius 1 is 1.39 bits per heavy atom. The number of hydrogen-bond donors (Lipinski definition) is 1. The SMILES string of the molecule is O=C(O)[C@]12CCCN(Cc3nccs3)C[C@H]1CN(CC1CC1)C2. The highest BCUT2D eigenvalue weighted by Gasteiger charge is 2.53. The Kier molecular flexibility index (Phi) is 4.15. The fraction of sp³-hybridized carbons (Fsp3) is 0.765. The highest BCUT2D eigenvalue weighted by atomic mass is 32.1. The predicted octanol–water partition coefficient (Wildman–Crippen LogP) is 2.15. The molecule has 2 aliphatic heterocycles. The van der Waals surface area contributed by atoms with Gasteiger partial charge < -0.3 is 10.0 Å². The summed E-state index contributed by atoms with van der Waals surface area (Å²) in [5.74, 6) is 0.507. The van der Waals surface area contributed by atoms with Gasteiger partial charge in [-0.15, -0.1) is 11.3 Å². The van der Waals surface area contributed by atoms with E-state index in [-0.39, 0.29) is 5.92 Å². The lowest BCUT2D eigenvalue weighted by molar-refractivity contribution is -0.151. The zero-order valence-electron chi connectivity index (χ0n) is 13.5. The summed E-state index contributed by atoms with van der Waals surface area (Å²) >= 11 is 1.69. The summed E-state index contributed by atoms with van der Waals surface area (Å²) in [5, 5.41) is 13.1. The topological polar surface area (TPSA) is 56.7 Å². The molecule has 4 rings (SSSR count). The number of likely N-dealkylation sites (tertiary alicyclic amines) is 2. The fourth-order valence-electron chi connectivity index (χ4n) is 4.44. The second kappa shape index (κ2) is 6.15. The van der Waals surface area contributed by atoms with Crippen molar-refractivity contribution >= 4 is 17.3 Å². The van der Waals surface area contributed by atoms with Gasteiger partial charge in [-0.1, -0.05) is 0 Å². The maximum atomic E-state index is 12.1. The van der Waals surface area contributed by atoms with Gasteiger partial charge in [-0.05, 0) is 38.1 Å². The summed E-state index contributed by atoms with van der Waals surface area (Å²) in [7, 11) is 0. The van der Waals surface area contributed by atoms with Crippen molar-refractivity contribution in [3.63, 3.8) is 0 Å². The molecule has 1 aliphatic carbocycles. The van der Waals surface area contributed by atoms with Crippen LogP contribution in [0.2, 0.25) is 0 Å². The van der Waals surface area contributed by atoms with Gasteiger partial charge in [0.15, 0.2) is 0 Å². The molecule has 2 atom stereocenters. The van der Waals surface area contributed by atoms with Crippen LogP contribution in [0.1, 0.15) is 30.7 Å². The third-order valence-electron chi connectivity index (χ3n) is 5.82. The molecule has 3 aliphatic rings. The van der Waals surface area contributed by atoms with E-state index in [1.54, 1.807) is 11.3 Å². The van der Waals surface area contributed by atoms with Crippen LogP contribution in [0.3, 0.4) is 0 Å². The van der Waals surface area contributed by atoms with Crippen LogP contribution >= 0.6 is 11.3 Å². The molecule has 0 spiro atoms. The lowest BCUT2D eigenvalue weighted by Crippen LogP contribution is -2.41. The molecule has 3 heterocycles. The number of thiazole rings is 1. The molecule has 5 nitrogen and oxygen atoms in total. The van der Waals surface area contributed by atoms with E-state index in [4.69, 9.17) is 0 Å². The summed E-state index contributed by atoms with van der Waals surface area (Å²) in [6, 6.07) is 0. The molecular formula is C17H25N3O2S. The number of fused-ring (bicyclic) bond motifs is 1. The van der Waals surface area contributed by atoms with Gasteiger partial charge in [-0.2, -0.15) is 0 Å². The maximum Gasteiger partial charge on any atom is 0.311 e. The normalized spacial score (nSPS) is 32.6. The minimum Gasteiger partial charge on any atom is -0.481 e. The van der Waals surface area contributed by atoms with Crippen LogP contribution < -0.4 is 0 Å². The molecule has 0 unspecified atom stereocenters. The van der Waals surface area contributed by atoms with Crippen LogP contribution in [0.4, 0.5) is 0 Å². The summed E-state index contributed by atoms with van der Waals surface area (Å²) in [4.78, 5) is 21.4. The standard InChI is InChI=1S/C17H25N3O2S/c21-16(22)17-4-1-6-19(11-15-18-5-7-23-15)9-14(17)10-20(12-17)8-13-2-3-13/h5,7,13-14H,1-4,6,8-12H2,(H,21,22)/t14-,17-/m0/s1. The molecule has 6 heteroatoms. The van der Waals surface area contributed by atoms with E-state index in [0.717, 1.165) is 63.0 Å². The molecule has 3 fully saturated rings. The van der Waals surface area contributed by atoms with E-state index < -0.39 is 11.4 Å². The summed E-state index contributed by atoms with van der Waals surface area (Å²) in [5.41, 5.74) is -0.521. The van der Waals surface area contributed by atoms with Crippen molar-refractivity contribution < 1.29 is 9.90 Å². The van der Waals surface area contributed by atoms with Crippen LogP contribution in [-0.4, -0.2) is 58.6 Å². The van der Waals surface area contributed by atoms with Crippen molar-refractivity contribution in [3.05, 3.63) is 16.6 Å². The van der Waals surface area contributed by atoms with Gasteiger partial charge in [0.25, 0.3) is 0 Å². The summed E-state index contributed by atoms with van der Waals surface area (Å²) in [6.45, 7) is 5.58. The first-order valence-electron chi connectivity index (χ1n) is 8.72. The monoisotopic (exact) mass is 335 g/mol. The molecule has 2 saturated heterocycles. The smallest absolute Gasteiger partial charge is 0.311 e. The molecule has 1 N–H and O–H groups in total. The number of aromatic nitrogens is 1. The van der Waals surface area contributed by atoms with E-state index in [0.29, 0.717) is 0 Å². The van der Waals surface area contributed by atoms with Crippen LogP contribution in [0, 0.1) is 17.3 Å². The lowest BCUT2D eigenvalue weighted by Gasteiger charge is -2.29. The van der Waals surface area contributed by atoms with Crippen LogP contribution in [-0.2, 0) is 11.3 Å². The zero-order valence-corrected chi connectivity index (χ0v) is 14.3.